The van der Waals surface area contributed by atoms with Gasteiger partial charge in [-0.1, -0.05) is 0 Å². The maximum atomic E-state index is 12.3. The van der Waals surface area contributed by atoms with E-state index in [2.05, 4.69) is 0 Å². The Bertz CT molecular complexity index is 395. The molecule has 1 aromatic rings. The van der Waals surface area contributed by atoms with Crippen LogP contribution >= 0.6 is 0 Å². The van der Waals surface area contributed by atoms with Crippen LogP contribution in [0.2, 0.25) is 0 Å². The lowest BCUT2D eigenvalue weighted by Gasteiger charge is -2.18. The summed E-state index contributed by atoms with van der Waals surface area (Å²) in [7, 11) is 1.90. The summed E-state index contributed by atoms with van der Waals surface area (Å²) in [6.45, 7) is 0.658. The lowest BCUT2D eigenvalue weighted by molar-refractivity contribution is -0.137. The molecule has 0 unspecified atom stereocenters. The Balaban J connectivity index is 2.17. The van der Waals surface area contributed by atoms with Crippen molar-refractivity contribution in [3.63, 3.8) is 0 Å². The summed E-state index contributed by atoms with van der Waals surface area (Å²) in [5.74, 6) is 0. The van der Waals surface area contributed by atoms with Crippen LogP contribution in [-0.2, 0) is 6.18 Å². The first-order chi connectivity index (χ1) is 7.47. The van der Waals surface area contributed by atoms with Gasteiger partial charge >= 0.3 is 6.18 Å². The van der Waals surface area contributed by atoms with Crippen LogP contribution in [-0.4, -0.2) is 18.6 Å². The standard InChI is InChI=1S/C11H11F3N2/c1-15-6-7-16(8-15)10-4-2-9(3-5-10)11(12,13)14/h2-7H,8H2,1H3. The largest absolute Gasteiger partial charge is 0.416 e. The zero-order chi connectivity index (χ0) is 11.8. The predicted octanol–water partition coefficient (Wildman–Crippen LogP) is 2.89. The number of rotatable bonds is 1. The fraction of sp³-hybridized carbons (Fsp3) is 0.273. The molecular weight excluding hydrogens is 217 g/mol. The van der Waals surface area contributed by atoms with Crippen LogP contribution in [0.1, 0.15) is 5.56 Å². The number of benzene rings is 1. The van der Waals surface area contributed by atoms with E-state index in [9.17, 15) is 13.2 Å². The molecule has 0 aliphatic carbocycles. The van der Waals surface area contributed by atoms with Gasteiger partial charge in [-0.15, -0.1) is 0 Å². The van der Waals surface area contributed by atoms with Crippen molar-refractivity contribution in [3.8, 4) is 0 Å². The van der Waals surface area contributed by atoms with Gasteiger partial charge in [-0.05, 0) is 24.3 Å². The van der Waals surface area contributed by atoms with Crippen LogP contribution in [0, 0.1) is 0 Å². The van der Waals surface area contributed by atoms with E-state index in [0.717, 1.165) is 17.8 Å². The van der Waals surface area contributed by atoms with E-state index >= 15 is 0 Å². The van der Waals surface area contributed by atoms with Crippen molar-refractivity contribution in [2.75, 3.05) is 18.6 Å². The summed E-state index contributed by atoms with van der Waals surface area (Å²) in [6, 6.07) is 5.15. The average molecular weight is 228 g/mol. The first kappa shape index (κ1) is 10.9. The van der Waals surface area contributed by atoms with Gasteiger partial charge in [-0.25, -0.2) is 0 Å². The summed E-state index contributed by atoms with van der Waals surface area (Å²) < 4.78 is 37.0. The molecule has 0 atom stereocenters. The maximum absolute atomic E-state index is 12.3. The van der Waals surface area contributed by atoms with Crippen LogP contribution < -0.4 is 4.90 Å². The van der Waals surface area contributed by atoms with E-state index in [-0.39, 0.29) is 0 Å². The van der Waals surface area contributed by atoms with Gasteiger partial charge in [-0.3, -0.25) is 0 Å². The molecule has 1 aliphatic rings. The van der Waals surface area contributed by atoms with E-state index < -0.39 is 11.7 Å². The smallest absolute Gasteiger partial charge is 0.361 e. The Labute approximate surface area is 91.6 Å². The van der Waals surface area contributed by atoms with Gasteiger partial charge in [0.25, 0.3) is 0 Å². The van der Waals surface area contributed by atoms with Gasteiger partial charge in [0, 0.05) is 25.1 Å². The first-order valence-corrected chi connectivity index (χ1v) is 4.79. The van der Waals surface area contributed by atoms with Gasteiger partial charge in [-0.2, -0.15) is 13.2 Å². The minimum atomic E-state index is -4.27. The Morgan fingerprint density at radius 1 is 1.06 bits per heavy atom. The molecule has 0 spiro atoms. The summed E-state index contributed by atoms with van der Waals surface area (Å²) in [5.41, 5.74) is 0.140. The predicted molar refractivity (Wildman–Crippen MR) is 55.7 cm³/mol. The number of halogens is 3. The topological polar surface area (TPSA) is 6.48 Å². The molecule has 0 aromatic heterocycles. The van der Waals surface area contributed by atoms with E-state index in [1.165, 1.54) is 12.1 Å². The van der Waals surface area contributed by atoms with E-state index in [4.69, 9.17) is 0 Å². The Hall–Kier alpha value is -1.65. The molecule has 1 aromatic carbocycles. The van der Waals surface area contributed by atoms with Crippen molar-refractivity contribution in [2.45, 2.75) is 6.18 Å². The summed E-state index contributed by atoms with van der Waals surface area (Å²) >= 11 is 0. The van der Waals surface area contributed by atoms with Crippen LogP contribution in [0.5, 0.6) is 0 Å². The highest BCUT2D eigenvalue weighted by molar-refractivity contribution is 5.51. The monoisotopic (exact) mass is 228 g/mol. The van der Waals surface area contributed by atoms with Gasteiger partial charge in [0.1, 0.15) is 0 Å². The van der Waals surface area contributed by atoms with Gasteiger partial charge < -0.3 is 9.80 Å². The van der Waals surface area contributed by atoms with Crippen molar-refractivity contribution in [2.24, 2.45) is 0 Å². The quantitative estimate of drug-likeness (QED) is 0.729. The summed E-state index contributed by atoms with van der Waals surface area (Å²) in [4.78, 5) is 3.82. The Kier molecular flexibility index (Phi) is 2.53. The molecule has 16 heavy (non-hydrogen) atoms. The summed E-state index contributed by atoms with van der Waals surface area (Å²) in [5, 5.41) is 0. The third-order valence-corrected chi connectivity index (χ3v) is 2.40. The third kappa shape index (κ3) is 2.13. The molecule has 0 saturated carbocycles. The van der Waals surface area contributed by atoms with Crippen molar-refractivity contribution in [1.29, 1.82) is 0 Å². The second kappa shape index (κ2) is 3.73. The molecule has 2 rings (SSSR count). The normalized spacial score (nSPS) is 16.0. The molecule has 2 nitrogen and oxygen atoms in total. The number of hydrogen-bond acceptors (Lipinski definition) is 2. The zero-order valence-corrected chi connectivity index (χ0v) is 8.70. The van der Waals surface area contributed by atoms with Crippen molar-refractivity contribution in [3.05, 3.63) is 42.2 Å². The van der Waals surface area contributed by atoms with Crippen LogP contribution in [0.4, 0.5) is 18.9 Å². The molecule has 1 heterocycles. The molecule has 0 fully saturated rings. The molecule has 0 N–H and O–H groups in total. The number of hydrogen-bond donors (Lipinski definition) is 0. The van der Waals surface area contributed by atoms with Crippen LogP contribution in [0.3, 0.4) is 0 Å². The third-order valence-electron chi connectivity index (χ3n) is 2.40. The highest BCUT2D eigenvalue weighted by Gasteiger charge is 2.30. The van der Waals surface area contributed by atoms with E-state index in [1.54, 1.807) is 0 Å². The Morgan fingerprint density at radius 3 is 2.12 bits per heavy atom. The molecule has 0 saturated heterocycles. The summed E-state index contributed by atoms with van der Waals surface area (Å²) in [6.07, 6.45) is -0.559. The fourth-order valence-electron chi connectivity index (χ4n) is 1.54. The zero-order valence-electron chi connectivity index (χ0n) is 8.70. The Morgan fingerprint density at radius 2 is 1.69 bits per heavy atom. The molecule has 86 valence electrons. The number of anilines is 1. The SMILES string of the molecule is CN1C=CN(c2ccc(C(F)(F)F)cc2)C1. The van der Waals surface area contributed by atoms with E-state index in [1.807, 2.05) is 29.2 Å². The molecule has 1 aliphatic heterocycles. The van der Waals surface area contributed by atoms with Crippen molar-refractivity contribution < 1.29 is 13.2 Å². The molecule has 5 heteroatoms. The first-order valence-electron chi connectivity index (χ1n) is 4.79. The highest BCUT2D eigenvalue weighted by atomic mass is 19.4. The molecule has 0 amide bonds. The minimum Gasteiger partial charge on any atom is -0.361 e. The lowest BCUT2D eigenvalue weighted by atomic mass is 10.2. The van der Waals surface area contributed by atoms with Crippen molar-refractivity contribution >= 4 is 5.69 Å². The highest BCUT2D eigenvalue weighted by Crippen LogP contribution is 2.30. The van der Waals surface area contributed by atoms with Crippen LogP contribution in [0.25, 0.3) is 0 Å². The molecule has 0 bridgehead atoms. The lowest BCUT2D eigenvalue weighted by Crippen LogP contribution is -2.21. The molecule has 0 radical (unpaired) electrons. The minimum absolute atomic E-state index is 0.618. The maximum Gasteiger partial charge on any atom is 0.416 e. The van der Waals surface area contributed by atoms with Crippen molar-refractivity contribution in [1.82, 2.24) is 4.90 Å². The second-order valence-corrected chi connectivity index (χ2v) is 3.71. The second-order valence-electron chi connectivity index (χ2n) is 3.71. The average Bonchev–Trinajstić information content (AvgIpc) is 2.64. The fourth-order valence-corrected chi connectivity index (χ4v) is 1.54. The number of alkyl halides is 3. The molecular formula is C11H11F3N2. The van der Waals surface area contributed by atoms with Crippen LogP contribution in [0.15, 0.2) is 36.7 Å². The van der Waals surface area contributed by atoms with Gasteiger partial charge in [0.15, 0.2) is 0 Å². The number of nitrogens with zero attached hydrogens (tertiary/aromatic N) is 2. The van der Waals surface area contributed by atoms with E-state index in [0.29, 0.717) is 6.67 Å². The van der Waals surface area contributed by atoms with Gasteiger partial charge in [0.05, 0.1) is 12.2 Å². The van der Waals surface area contributed by atoms with Gasteiger partial charge in [0.2, 0.25) is 0 Å².